The highest BCUT2D eigenvalue weighted by Crippen LogP contribution is 2.42. The maximum Gasteiger partial charge on any atom is 0.224 e. The van der Waals surface area contributed by atoms with Gasteiger partial charge in [0.2, 0.25) is 5.28 Å². The largest absolute Gasteiger partial charge is 0.314 e. The van der Waals surface area contributed by atoms with Crippen molar-refractivity contribution in [2.75, 3.05) is 4.90 Å². The Balaban J connectivity index is 2.00. The average molecular weight is 312 g/mol. The normalized spacial score (nSPS) is 16.3. The fourth-order valence-electron chi connectivity index (χ4n) is 2.98. The van der Waals surface area contributed by atoms with Crippen LogP contribution in [0, 0.1) is 0 Å². The van der Waals surface area contributed by atoms with Gasteiger partial charge in [-0.1, -0.05) is 25.1 Å². The summed E-state index contributed by atoms with van der Waals surface area (Å²) < 4.78 is 2.04. The van der Waals surface area contributed by atoms with E-state index in [1.165, 1.54) is 0 Å². The monoisotopic (exact) mass is 311 g/mol. The molecule has 1 atom stereocenters. The van der Waals surface area contributed by atoms with Gasteiger partial charge in [0.25, 0.3) is 0 Å². The van der Waals surface area contributed by atoms with Gasteiger partial charge < -0.3 is 4.90 Å². The molecule has 3 aromatic rings. The summed E-state index contributed by atoms with van der Waals surface area (Å²) in [6, 6.07) is 10.3. The molecule has 22 heavy (non-hydrogen) atoms. The van der Waals surface area contributed by atoms with Crippen LogP contribution in [-0.2, 0) is 0 Å². The standard InChI is InChI=1S/C16H14ClN5/c1-2-12-14-18-8-9-21(14)13-10-19-16(17)20-15(13)22(12)11-6-4-3-5-7-11/h3-10,12H,2H2,1H3/t12-/m1/s1. The van der Waals surface area contributed by atoms with Crippen molar-refractivity contribution in [3.63, 3.8) is 0 Å². The van der Waals surface area contributed by atoms with Crippen LogP contribution in [0.1, 0.15) is 25.2 Å². The van der Waals surface area contributed by atoms with Crippen molar-refractivity contribution in [3.8, 4) is 5.69 Å². The Labute approximate surface area is 133 Å². The fraction of sp³-hybridized carbons (Fsp3) is 0.188. The van der Waals surface area contributed by atoms with Gasteiger partial charge in [-0.15, -0.1) is 0 Å². The van der Waals surface area contributed by atoms with Crippen molar-refractivity contribution in [1.29, 1.82) is 0 Å². The summed E-state index contributed by atoms with van der Waals surface area (Å²) in [7, 11) is 0. The second-order valence-electron chi connectivity index (χ2n) is 5.13. The molecule has 6 heteroatoms. The zero-order chi connectivity index (χ0) is 15.1. The van der Waals surface area contributed by atoms with Crippen molar-refractivity contribution in [2.24, 2.45) is 0 Å². The van der Waals surface area contributed by atoms with E-state index in [1.54, 1.807) is 6.20 Å². The average Bonchev–Trinajstić information content (AvgIpc) is 3.03. The van der Waals surface area contributed by atoms with Gasteiger partial charge in [-0.3, -0.25) is 4.57 Å². The first-order valence-electron chi connectivity index (χ1n) is 7.20. The molecule has 0 aliphatic carbocycles. The van der Waals surface area contributed by atoms with E-state index in [2.05, 4.69) is 38.9 Å². The van der Waals surface area contributed by atoms with Crippen molar-refractivity contribution in [2.45, 2.75) is 19.4 Å². The third kappa shape index (κ3) is 1.89. The molecule has 0 spiro atoms. The highest BCUT2D eigenvalue weighted by atomic mass is 35.5. The summed E-state index contributed by atoms with van der Waals surface area (Å²) in [6.45, 7) is 2.15. The topological polar surface area (TPSA) is 46.8 Å². The molecular formula is C16H14ClN5. The molecule has 110 valence electrons. The van der Waals surface area contributed by atoms with Crippen LogP contribution in [0.25, 0.3) is 5.69 Å². The van der Waals surface area contributed by atoms with Gasteiger partial charge in [0, 0.05) is 18.1 Å². The zero-order valence-corrected chi connectivity index (χ0v) is 12.8. The van der Waals surface area contributed by atoms with Crippen LogP contribution in [0.2, 0.25) is 5.28 Å². The lowest BCUT2D eigenvalue weighted by Crippen LogP contribution is -2.32. The third-order valence-electron chi connectivity index (χ3n) is 3.91. The number of aromatic nitrogens is 4. The van der Waals surface area contributed by atoms with E-state index in [0.717, 1.165) is 29.4 Å². The van der Waals surface area contributed by atoms with E-state index in [-0.39, 0.29) is 11.3 Å². The Morgan fingerprint density at radius 1 is 1.18 bits per heavy atom. The van der Waals surface area contributed by atoms with Gasteiger partial charge in [0.1, 0.15) is 11.5 Å². The summed E-state index contributed by atoms with van der Waals surface area (Å²) >= 11 is 6.05. The number of para-hydroxylation sites is 1. The van der Waals surface area contributed by atoms with Crippen molar-refractivity contribution in [3.05, 3.63) is 60.0 Å². The first-order chi connectivity index (χ1) is 10.8. The number of fused-ring (bicyclic) bond motifs is 3. The van der Waals surface area contributed by atoms with Gasteiger partial charge in [0.05, 0.1) is 12.2 Å². The first-order valence-corrected chi connectivity index (χ1v) is 7.58. The fourth-order valence-corrected chi connectivity index (χ4v) is 3.11. The highest BCUT2D eigenvalue weighted by Gasteiger charge is 2.33. The van der Waals surface area contributed by atoms with E-state index in [0.29, 0.717) is 0 Å². The number of rotatable bonds is 2. The second kappa shape index (κ2) is 5.10. The summed E-state index contributed by atoms with van der Waals surface area (Å²) in [5.74, 6) is 1.80. The molecule has 2 aromatic heterocycles. The third-order valence-corrected chi connectivity index (χ3v) is 4.09. The van der Waals surface area contributed by atoms with E-state index < -0.39 is 0 Å². The Hall–Kier alpha value is -2.40. The number of imidazole rings is 1. The minimum Gasteiger partial charge on any atom is -0.314 e. The molecule has 1 aliphatic heterocycles. The van der Waals surface area contributed by atoms with Crippen LogP contribution < -0.4 is 4.90 Å². The maximum absolute atomic E-state index is 6.05. The van der Waals surface area contributed by atoms with Crippen LogP contribution >= 0.6 is 11.6 Å². The number of hydrogen-bond donors (Lipinski definition) is 0. The molecule has 0 unspecified atom stereocenters. The molecule has 0 N–H and O–H groups in total. The van der Waals surface area contributed by atoms with Gasteiger partial charge in [-0.05, 0) is 30.2 Å². The van der Waals surface area contributed by atoms with Gasteiger partial charge in [0.15, 0.2) is 5.82 Å². The van der Waals surface area contributed by atoms with Crippen molar-refractivity contribution < 1.29 is 0 Å². The molecule has 4 rings (SSSR count). The lowest BCUT2D eigenvalue weighted by atomic mass is 10.1. The molecule has 1 aromatic carbocycles. The Morgan fingerprint density at radius 2 is 2.00 bits per heavy atom. The van der Waals surface area contributed by atoms with Gasteiger partial charge >= 0.3 is 0 Å². The van der Waals surface area contributed by atoms with Crippen molar-refractivity contribution in [1.82, 2.24) is 19.5 Å². The molecule has 0 fully saturated rings. The lowest BCUT2D eigenvalue weighted by molar-refractivity contribution is 0.592. The first kappa shape index (κ1) is 13.3. The zero-order valence-electron chi connectivity index (χ0n) is 12.0. The van der Waals surface area contributed by atoms with Gasteiger partial charge in [-0.2, -0.15) is 4.98 Å². The second-order valence-corrected chi connectivity index (χ2v) is 5.47. The number of hydrogen-bond acceptors (Lipinski definition) is 4. The number of nitrogens with zero attached hydrogens (tertiary/aromatic N) is 5. The Kier molecular flexibility index (Phi) is 3.08. The smallest absolute Gasteiger partial charge is 0.224 e. The number of benzene rings is 1. The van der Waals surface area contributed by atoms with Crippen LogP contribution in [-0.4, -0.2) is 19.5 Å². The number of anilines is 2. The Morgan fingerprint density at radius 3 is 2.77 bits per heavy atom. The molecule has 5 nitrogen and oxygen atoms in total. The van der Waals surface area contributed by atoms with E-state index in [1.807, 2.05) is 35.2 Å². The van der Waals surface area contributed by atoms with Gasteiger partial charge in [-0.25, -0.2) is 9.97 Å². The maximum atomic E-state index is 6.05. The molecule has 0 bridgehead atoms. The predicted octanol–water partition coefficient (Wildman–Crippen LogP) is 3.92. The molecule has 0 saturated carbocycles. The molecule has 1 aliphatic rings. The summed E-state index contributed by atoms with van der Waals surface area (Å²) in [5.41, 5.74) is 1.96. The number of halogens is 1. The summed E-state index contributed by atoms with van der Waals surface area (Å²) in [4.78, 5) is 15.3. The van der Waals surface area contributed by atoms with Crippen LogP contribution in [0.4, 0.5) is 11.5 Å². The summed E-state index contributed by atoms with van der Waals surface area (Å²) in [6.07, 6.45) is 6.41. The lowest BCUT2D eigenvalue weighted by Gasteiger charge is -2.37. The van der Waals surface area contributed by atoms with Crippen LogP contribution in [0.15, 0.2) is 48.9 Å². The van der Waals surface area contributed by atoms with Crippen LogP contribution in [0.5, 0.6) is 0 Å². The Bertz CT molecular complexity index is 814. The molecule has 0 saturated heterocycles. The molecule has 0 amide bonds. The highest BCUT2D eigenvalue weighted by molar-refractivity contribution is 6.28. The quantitative estimate of drug-likeness (QED) is 0.673. The predicted molar refractivity (Wildman–Crippen MR) is 85.8 cm³/mol. The molecule has 0 radical (unpaired) electrons. The van der Waals surface area contributed by atoms with Crippen LogP contribution in [0.3, 0.4) is 0 Å². The minimum absolute atomic E-state index is 0.107. The minimum atomic E-state index is 0.107. The van der Waals surface area contributed by atoms with E-state index >= 15 is 0 Å². The van der Waals surface area contributed by atoms with Crippen molar-refractivity contribution >= 4 is 23.1 Å². The van der Waals surface area contributed by atoms with E-state index in [4.69, 9.17) is 11.6 Å². The molecule has 3 heterocycles. The van der Waals surface area contributed by atoms with E-state index in [9.17, 15) is 0 Å². The SMILES string of the molecule is CC[C@@H]1c2nccn2-c2cnc(Cl)nc2N1c1ccccc1. The molecular weight excluding hydrogens is 298 g/mol. The summed E-state index contributed by atoms with van der Waals surface area (Å²) in [5, 5.41) is 0.248.